The van der Waals surface area contributed by atoms with Gasteiger partial charge in [-0.05, 0) is 44.0 Å². The summed E-state index contributed by atoms with van der Waals surface area (Å²) in [6, 6.07) is 3.66. The van der Waals surface area contributed by atoms with Crippen LogP contribution in [0.2, 0.25) is 0 Å². The lowest BCUT2D eigenvalue weighted by molar-refractivity contribution is 0.0926. The first kappa shape index (κ1) is 11.5. The summed E-state index contributed by atoms with van der Waals surface area (Å²) in [5.74, 6) is 1.59. The Labute approximate surface area is 106 Å². The highest BCUT2D eigenvalue weighted by molar-refractivity contribution is 6.02. The number of rotatable bonds is 2. The maximum absolute atomic E-state index is 12.5. The van der Waals surface area contributed by atoms with Gasteiger partial charge < -0.3 is 14.8 Å². The molecular formula is C14H17NO3. The zero-order chi connectivity index (χ0) is 12.5. The Hall–Kier alpha value is -1.55. The molecule has 2 aliphatic heterocycles. The third-order valence-electron chi connectivity index (χ3n) is 3.61. The summed E-state index contributed by atoms with van der Waals surface area (Å²) in [5, 5.41) is 3.29. The number of nitrogens with one attached hydrogen (secondary N) is 1. The number of aryl methyl sites for hydroxylation is 1. The Morgan fingerprint density at radius 2 is 2.06 bits per heavy atom. The van der Waals surface area contributed by atoms with Crippen molar-refractivity contribution in [2.75, 3.05) is 13.3 Å². The molecular weight excluding hydrogens is 230 g/mol. The van der Waals surface area contributed by atoms with Crippen LogP contribution in [0.25, 0.3) is 0 Å². The second-order valence-electron chi connectivity index (χ2n) is 4.89. The number of benzene rings is 1. The van der Waals surface area contributed by atoms with Crippen molar-refractivity contribution in [1.29, 1.82) is 0 Å². The first-order valence-electron chi connectivity index (χ1n) is 6.43. The van der Waals surface area contributed by atoms with Gasteiger partial charge in [-0.3, -0.25) is 4.79 Å². The number of fused-ring (bicyclic) bond motifs is 1. The van der Waals surface area contributed by atoms with Crippen LogP contribution >= 0.6 is 0 Å². The second kappa shape index (κ2) is 4.61. The minimum absolute atomic E-state index is 0.0437. The molecule has 96 valence electrons. The fourth-order valence-electron chi connectivity index (χ4n) is 2.57. The molecule has 2 aliphatic rings. The highest BCUT2D eigenvalue weighted by Gasteiger charge is 2.25. The van der Waals surface area contributed by atoms with E-state index in [9.17, 15) is 4.79 Å². The number of Topliss-reactive ketones (excluding diaryl/α,β-unsaturated/α-hetero) is 1. The smallest absolute Gasteiger partial charge is 0.231 e. The molecule has 0 spiro atoms. The average molecular weight is 247 g/mol. The lowest BCUT2D eigenvalue weighted by atomic mass is 9.93. The third kappa shape index (κ3) is 1.97. The van der Waals surface area contributed by atoms with Gasteiger partial charge in [0.15, 0.2) is 17.3 Å². The SMILES string of the molecule is Cc1cc2c(cc1C(=O)C1CCCCN1)OCO2. The van der Waals surface area contributed by atoms with Crippen LogP contribution in [0.15, 0.2) is 12.1 Å². The van der Waals surface area contributed by atoms with E-state index in [4.69, 9.17) is 9.47 Å². The van der Waals surface area contributed by atoms with Crippen molar-refractivity contribution in [3.63, 3.8) is 0 Å². The molecule has 1 unspecified atom stereocenters. The minimum atomic E-state index is -0.0437. The number of piperidine rings is 1. The molecule has 18 heavy (non-hydrogen) atoms. The topological polar surface area (TPSA) is 47.6 Å². The standard InChI is InChI=1S/C14H17NO3/c1-9-6-12-13(18-8-17-12)7-10(9)14(16)11-4-2-3-5-15-11/h6-7,11,15H,2-5,8H2,1H3. The predicted molar refractivity (Wildman–Crippen MR) is 67.3 cm³/mol. The Balaban J connectivity index is 1.89. The minimum Gasteiger partial charge on any atom is -0.454 e. The van der Waals surface area contributed by atoms with Crippen molar-refractivity contribution >= 4 is 5.78 Å². The van der Waals surface area contributed by atoms with Gasteiger partial charge in [0.1, 0.15) is 0 Å². The molecule has 0 saturated carbocycles. The van der Waals surface area contributed by atoms with E-state index < -0.39 is 0 Å². The summed E-state index contributed by atoms with van der Waals surface area (Å²) in [5.41, 5.74) is 1.70. The van der Waals surface area contributed by atoms with Crippen LogP contribution in [-0.4, -0.2) is 25.2 Å². The Kier molecular flexibility index (Phi) is 2.96. The lowest BCUT2D eigenvalue weighted by Gasteiger charge is -2.22. The van der Waals surface area contributed by atoms with Crippen molar-refractivity contribution < 1.29 is 14.3 Å². The quantitative estimate of drug-likeness (QED) is 0.812. The van der Waals surface area contributed by atoms with Gasteiger partial charge in [-0.1, -0.05) is 6.42 Å². The van der Waals surface area contributed by atoms with Gasteiger partial charge in [0.2, 0.25) is 6.79 Å². The molecule has 0 radical (unpaired) electrons. The van der Waals surface area contributed by atoms with Crippen LogP contribution < -0.4 is 14.8 Å². The van der Waals surface area contributed by atoms with E-state index in [0.29, 0.717) is 5.75 Å². The van der Waals surface area contributed by atoms with Crippen molar-refractivity contribution in [3.8, 4) is 11.5 Å². The normalized spacial score (nSPS) is 21.9. The van der Waals surface area contributed by atoms with E-state index in [2.05, 4.69) is 5.32 Å². The van der Waals surface area contributed by atoms with Crippen LogP contribution in [0.1, 0.15) is 35.2 Å². The summed E-state index contributed by atoms with van der Waals surface area (Å²) >= 11 is 0. The van der Waals surface area contributed by atoms with Gasteiger partial charge in [-0.2, -0.15) is 0 Å². The Morgan fingerprint density at radius 1 is 1.28 bits per heavy atom. The molecule has 1 atom stereocenters. The highest BCUT2D eigenvalue weighted by Crippen LogP contribution is 2.35. The summed E-state index contributed by atoms with van der Waals surface area (Å²) in [6.07, 6.45) is 3.20. The summed E-state index contributed by atoms with van der Waals surface area (Å²) < 4.78 is 10.6. The summed E-state index contributed by atoms with van der Waals surface area (Å²) in [6.45, 7) is 3.12. The van der Waals surface area contributed by atoms with E-state index in [1.807, 2.05) is 19.1 Å². The molecule has 1 saturated heterocycles. The van der Waals surface area contributed by atoms with E-state index in [1.54, 1.807) is 0 Å². The fraction of sp³-hybridized carbons (Fsp3) is 0.500. The van der Waals surface area contributed by atoms with Gasteiger partial charge >= 0.3 is 0 Å². The number of carbonyl (C=O) groups is 1. The second-order valence-corrected chi connectivity index (χ2v) is 4.89. The molecule has 4 heteroatoms. The lowest BCUT2D eigenvalue weighted by Crippen LogP contribution is -2.40. The Morgan fingerprint density at radius 3 is 2.78 bits per heavy atom. The number of hydrogen-bond acceptors (Lipinski definition) is 4. The summed E-state index contributed by atoms with van der Waals surface area (Å²) in [4.78, 5) is 12.5. The van der Waals surface area contributed by atoms with Crippen LogP contribution in [0.5, 0.6) is 11.5 Å². The van der Waals surface area contributed by atoms with Crippen LogP contribution in [-0.2, 0) is 0 Å². The largest absolute Gasteiger partial charge is 0.454 e. The van der Waals surface area contributed by atoms with Crippen LogP contribution in [0.3, 0.4) is 0 Å². The third-order valence-corrected chi connectivity index (χ3v) is 3.61. The first-order valence-corrected chi connectivity index (χ1v) is 6.43. The van der Waals surface area contributed by atoms with Gasteiger partial charge in [0.05, 0.1) is 6.04 Å². The van der Waals surface area contributed by atoms with E-state index in [-0.39, 0.29) is 18.6 Å². The number of hydrogen-bond donors (Lipinski definition) is 1. The van der Waals surface area contributed by atoms with E-state index >= 15 is 0 Å². The first-order chi connectivity index (χ1) is 8.75. The van der Waals surface area contributed by atoms with Crippen molar-refractivity contribution in [3.05, 3.63) is 23.3 Å². The van der Waals surface area contributed by atoms with Gasteiger partial charge in [0, 0.05) is 5.56 Å². The molecule has 1 aromatic rings. The highest BCUT2D eigenvalue weighted by atomic mass is 16.7. The Bertz CT molecular complexity index is 478. The van der Waals surface area contributed by atoms with Crippen molar-refractivity contribution in [1.82, 2.24) is 5.32 Å². The fourth-order valence-corrected chi connectivity index (χ4v) is 2.57. The molecule has 1 fully saturated rings. The maximum Gasteiger partial charge on any atom is 0.231 e. The molecule has 1 aromatic carbocycles. The number of ketones is 1. The summed E-state index contributed by atoms with van der Waals surface area (Å²) in [7, 11) is 0. The molecule has 2 heterocycles. The van der Waals surface area contributed by atoms with E-state index in [0.717, 1.165) is 42.7 Å². The van der Waals surface area contributed by atoms with Gasteiger partial charge in [0.25, 0.3) is 0 Å². The molecule has 0 aliphatic carbocycles. The number of ether oxygens (including phenoxy) is 2. The van der Waals surface area contributed by atoms with E-state index in [1.165, 1.54) is 0 Å². The monoisotopic (exact) mass is 247 g/mol. The zero-order valence-corrected chi connectivity index (χ0v) is 10.5. The molecule has 0 aromatic heterocycles. The molecule has 0 amide bonds. The molecule has 0 bridgehead atoms. The van der Waals surface area contributed by atoms with Crippen LogP contribution in [0.4, 0.5) is 0 Å². The van der Waals surface area contributed by atoms with Crippen molar-refractivity contribution in [2.45, 2.75) is 32.2 Å². The molecule has 4 nitrogen and oxygen atoms in total. The predicted octanol–water partition coefficient (Wildman–Crippen LogP) is 2.05. The van der Waals surface area contributed by atoms with Gasteiger partial charge in [-0.25, -0.2) is 0 Å². The average Bonchev–Trinajstić information content (AvgIpc) is 2.85. The zero-order valence-electron chi connectivity index (χ0n) is 10.5. The van der Waals surface area contributed by atoms with Gasteiger partial charge in [-0.15, -0.1) is 0 Å². The van der Waals surface area contributed by atoms with Crippen molar-refractivity contribution in [2.24, 2.45) is 0 Å². The molecule has 1 N–H and O–H groups in total. The number of carbonyl (C=O) groups excluding carboxylic acids is 1. The van der Waals surface area contributed by atoms with Crippen LogP contribution in [0, 0.1) is 6.92 Å². The molecule has 3 rings (SSSR count). The maximum atomic E-state index is 12.5.